The first-order chi connectivity index (χ1) is 17.1. The fraction of sp³-hybridized carbons (Fsp3) is 0.0968. The summed E-state index contributed by atoms with van der Waals surface area (Å²) in [6.45, 7) is 0. The van der Waals surface area contributed by atoms with Crippen LogP contribution in [0.1, 0.15) is 11.1 Å². The zero-order valence-electron chi connectivity index (χ0n) is 19.7. The van der Waals surface area contributed by atoms with Crippen molar-refractivity contribution in [2.24, 2.45) is 0 Å². The topological polar surface area (TPSA) is 38.7 Å². The summed E-state index contributed by atoms with van der Waals surface area (Å²) in [6.07, 6.45) is 0. The normalized spacial score (nSPS) is 11.7. The van der Waals surface area contributed by atoms with E-state index in [0.717, 1.165) is 21.9 Å². The molecule has 5 aromatic rings. The fourth-order valence-corrected chi connectivity index (χ4v) is 6.60. The van der Waals surface area contributed by atoms with Crippen molar-refractivity contribution in [3.63, 3.8) is 0 Å². The minimum atomic E-state index is -1.07. The molecule has 0 amide bonds. The Labute approximate surface area is 208 Å². The van der Waals surface area contributed by atoms with Crippen molar-refractivity contribution in [1.82, 2.24) is 0 Å². The molecule has 35 heavy (non-hydrogen) atoms. The van der Waals surface area contributed by atoms with E-state index in [4.69, 9.17) is 9.47 Å². The average Bonchev–Trinajstić information content (AvgIpc) is 2.92. The molecule has 5 rings (SSSR count). The summed E-state index contributed by atoms with van der Waals surface area (Å²) >= 11 is 0. The van der Waals surface area contributed by atoms with Crippen LogP contribution in [0.25, 0.3) is 10.8 Å². The summed E-state index contributed by atoms with van der Waals surface area (Å²) in [4.78, 5) is 3.85. The molecular formula is C31H27O3S+. The highest BCUT2D eigenvalue weighted by atomic mass is 32.2. The lowest BCUT2D eigenvalue weighted by Gasteiger charge is -2.32. The molecule has 174 valence electrons. The van der Waals surface area contributed by atoms with Gasteiger partial charge in [-0.2, -0.15) is 0 Å². The van der Waals surface area contributed by atoms with Gasteiger partial charge < -0.3 is 14.6 Å². The molecule has 0 radical (unpaired) electrons. The molecule has 0 fully saturated rings. The Hall–Kier alpha value is -3.57. The van der Waals surface area contributed by atoms with Crippen LogP contribution in [-0.4, -0.2) is 19.3 Å². The van der Waals surface area contributed by atoms with E-state index in [2.05, 4.69) is 97.1 Å². The van der Waals surface area contributed by atoms with Crippen molar-refractivity contribution < 1.29 is 14.6 Å². The molecule has 0 bridgehead atoms. The summed E-state index contributed by atoms with van der Waals surface area (Å²) in [5.74, 6) is -0.869. The average molecular weight is 480 g/mol. The number of phenols is 1. The van der Waals surface area contributed by atoms with Crippen LogP contribution in [0.5, 0.6) is 5.75 Å². The highest BCUT2D eigenvalue weighted by Crippen LogP contribution is 2.38. The molecule has 0 heterocycles. The van der Waals surface area contributed by atoms with Crippen molar-refractivity contribution in [2.45, 2.75) is 20.5 Å². The van der Waals surface area contributed by atoms with Crippen LogP contribution in [0, 0.1) is 0 Å². The molecule has 4 heteroatoms. The van der Waals surface area contributed by atoms with E-state index < -0.39 is 5.79 Å². The van der Waals surface area contributed by atoms with Crippen LogP contribution in [0.2, 0.25) is 0 Å². The summed E-state index contributed by atoms with van der Waals surface area (Å²) < 4.78 is 11.8. The van der Waals surface area contributed by atoms with Crippen molar-refractivity contribution in [3.8, 4) is 5.75 Å². The number of phenolic OH excluding ortho intramolecular Hbond substituents is 1. The summed E-state index contributed by atoms with van der Waals surface area (Å²) in [5.41, 5.74) is 1.70. The van der Waals surface area contributed by atoms with E-state index in [0.29, 0.717) is 0 Å². The second-order valence-electron chi connectivity index (χ2n) is 8.23. The first-order valence-electron chi connectivity index (χ1n) is 11.4. The molecule has 0 saturated carbocycles. The van der Waals surface area contributed by atoms with Gasteiger partial charge in [0.1, 0.15) is 5.75 Å². The lowest BCUT2D eigenvalue weighted by Crippen LogP contribution is -2.32. The van der Waals surface area contributed by atoms with Crippen LogP contribution in [-0.2, 0) is 26.2 Å². The summed E-state index contributed by atoms with van der Waals surface area (Å²) in [6, 6.07) is 41.2. The van der Waals surface area contributed by atoms with Crippen LogP contribution < -0.4 is 0 Å². The van der Waals surface area contributed by atoms with Gasteiger partial charge in [-0.1, -0.05) is 48.5 Å². The maximum absolute atomic E-state index is 9.73. The SMILES string of the molecule is COC(OC)(c1ccc(O)cc1)c1ccc2cc([S+](c3ccccc3)c3ccccc3)ccc2c1. The quantitative estimate of drug-likeness (QED) is 0.199. The first-order valence-corrected chi connectivity index (χ1v) is 12.7. The number of hydrogen-bond acceptors (Lipinski definition) is 3. The lowest BCUT2D eigenvalue weighted by molar-refractivity contribution is -0.183. The van der Waals surface area contributed by atoms with Crippen LogP contribution in [0.15, 0.2) is 136 Å². The van der Waals surface area contributed by atoms with E-state index >= 15 is 0 Å². The maximum atomic E-state index is 9.73. The van der Waals surface area contributed by atoms with Gasteiger partial charge in [0.25, 0.3) is 0 Å². The largest absolute Gasteiger partial charge is 0.508 e. The Morgan fingerprint density at radius 1 is 0.543 bits per heavy atom. The van der Waals surface area contributed by atoms with E-state index in [-0.39, 0.29) is 16.6 Å². The van der Waals surface area contributed by atoms with Gasteiger partial charge in [0.2, 0.25) is 5.79 Å². The molecule has 0 aliphatic rings. The van der Waals surface area contributed by atoms with Crippen molar-refractivity contribution >= 4 is 21.7 Å². The highest BCUT2D eigenvalue weighted by molar-refractivity contribution is 7.97. The first kappa shape index (κ1) is 23.2. The smallest absolute Gasteiger partial charge is 0.221 e. The number of ether oxygens (including phenoxy) is 2. The second kappa shape index (κ2) is 9.96. The number of fused-ring (bicyclic) bond motifs is 1. The summed E-state index contributed by atoms with van der Waals surface area (Å²) in [7, 11) is 3.07. The van der Waals surface area contributed by atoms with Crippen molar-refractivity contribution in [1.29, 1.82) is 0 Å². The van der Waals surface area contributed by atoms with Crippen LogP contribution in [0.4, 0.5) is 0 Å². The monoisotopic (exact) mass is 479 g/mol. The summed E-state index contributed by atoms with van der Waals surface area (Å²) in [5, 5.41) is 12.0. The number of benzene rings is 5. The van der Waals surface area contributed by atoms with Crippen LogP contribution >= 0.6 is 0 Å². The Morgan fingerprint density at radius 3 is 1.63 bits per heavy atom. The number of methoxy groups -OCH3 is 2. The predicted octanol–water partition coefficient (Wildman–Crippen LogP) is 7.13. The molecular weight excluding hydrogens is 452 g/mol. The van der Waals surface area contributed by atoms with Gasteiger partial charge >= 0.3 is 0 Å². The predicted molar refractivity (Wildman–Crippen MR) is 142 cm³/mol. The zero-order valence-corrected chi connectivity index (χ0v) is 20.5. The van der Waals surface area contributed by atoms with Crippen LogP contribution in [0.3, 0.4) is 0 Å². The highest BCUT2D eigenvalue weighted by Gasteiger charge is 2.35. The minimum absolute atomic E-state index is 0.201. The Balaban J connectivity index is 1.59. The van der Waals surface area contributed by atoms with E-state index in [1.807, 2.05) is 12.1 Å². The van der Waals surface area contributed by atoms with Crippen molar-refractivity contribution in [3.05, 3.63) is 132 Å². The van der Waals surface area contributed by atoms with E-state index in [1.54, 1.807) is 26.4 Å². The third-order valence-corrected chi connectivity index (χ3v) is 8.42. The molecule has 0 aliphatic carbocycles. The fourth-order valence-electron chi connectivity index (χ4n) is 4.48. The molecule has 0 spiro atoms. The van der Waals surface area contributed by atoms with Gasteiger partial charge in [0, 0.05) is 31.4 Å². The second-order valence-corrected chi connectivity index (χ2v) is 10.3. The molecule has 0 aliphatic heterocycles. The van der Waals surface area contributed by atoms with Gasteiger partial charge in [-0.3, -0.25) is 0 Å². The minimum Gasteiger partial charge on any atom is -0.508 e. The van der Waals surface area contributed by atoms with Gasteiger partial charge in [-0.05, 0) is 77.5 Å². The number of rotatable bonds is 7. The van der Waals surface area contributed by atoms with Gasteiger partial charge in [0.05, 0.1) is 10.9 Å². The number of hydrogen-bond donors (Lipinski definition) is 1. The number of aromatic hydroxyl groups is 1. The Bertz CT molecular complexity index is 1370. The Kier molecular flexibility index (Phi) is 6.60. The van der Waals surface area contributed by atoms with E-state index in [9.17, 15) is 5.11 Å². The molecule has 0 atom stereocenters. The molecule has 3 nitrogen and oxygen atoms in total. The standard InChI is InChI=1S/C31H26O3S/c1-33-31(34-2,25-16-18-27(32)19-17-25)26-15-13-24-22-30(20-14-23(24)21-26)35(28-9-5-3-6-10-28)29-11-7-4-8-12-29/h3-22H,1-2H3/p+1. The molecule has 0 unspecified atom stereocenters. The zero-order chi connectivity index (χ0) is 24.3. The maximum Gasteiger partial charge on any atom is 0.221 e. The van der Waals surface area contributed by atoms with Gasteiger partial charge in [0.15, 0.2) is 14.7 Å². The molecule has 0 saturated heterocycles. The molecule has 1 N–H and O–H groups in total. The van der Waals surface area contributed by atoms with Gasteiger partial charge in [-0.25, -0.2) is 0 Å². The third kappa shape index (κ3) is 4.44. The molecule has 5 aromatic carbocycles. The molecule has 0 aromatic heterocycles. The third-order valence-electron chi connectivity index (χ3n) is 6.21. The van der Waals surface area contributed by atoms with E-state index in [1.165, 1.54) is 14.7 Å². The van der Waals surface area contributed by atoms with Crippen molar-refractivity contribution in [2.75, 3.05) is 14.2 Å². The van der Waals surface area contributed by atoms with Gasteiger partial charge in [-0.15, -0.1) is 0 Å². The Morgan fingerprint density at radius 2 is 1.06 bits per heavy atom. The lowest BCUT2D eigenvalue weighted by atomic mass is 9.94.